The lowest BCUT2D eigenvalue weighted by atomic mass is 10.0. The highest BCUT2D eigenvalue weighted by Crippen LogP contribution is 2.39. The fraction of sp³-hybridized carbons (Fsp3) is 0.0952. The van der Waals surface area contributed by atoms with Gasteiger partial charge in [-0.3, -0.25) is 9.69 Å². The minimum absolute atomic E-state index is 0.00500. The highest BCUT2D eigenvalue weighted by atomic mass is 19.4. The second kappa shape index (κ2) is 6.60. The normalized spacial score (nSPS) is 16.5. The first-order valence-electron chi connectivity index (χ1n) is 8.50. The van der Waals surface area contributed by atoms with Crippen molar-refractivity contribution in [1.82, 2.24) is 0 Å². The highest BCUT2D eigenvalue weighted by molar-refractivity contribution is 6.12. The van der Waals surface area contributed by atoms with E-state index >= 15 is 0 Å². The maximum atomic E-state index is 13.2. The Labute approximate surface area is 158 Å². The van der Waals surface area contributed by atoms with Crippen molar-refractivity contribution in [2.45, 2.75) is 12.3 Å². The number of rotatable bonds is 2. The van der Waals surface area contributed by atoms with Crippen LogP contribution < -0.4 is 10.2 Å². The summed E-state index contributed by atoms with van der Waals surface area (Å²) in [6, 6.07) is 17.7. The van der Waals surface area contributed by atoms with Crippen molar-refractivity contribution in [2.24, 2.45) is 0 Å². The second-order valence-corrected chi connectivity index (χ2v) is 6.41. The number of benzene rings is 3. The van der Waals surface area contributed by atoms with E-state index in [1.54, 1.807) is 36.4 Å². The number of anilines is 2. The Hall–Kier alpha value is -3.48. The molecule has 1 amide bonds. The van der Waals surface area contributed by atoms with Crippen LogP contribution in [0.2, 0.25) is 0 Å². The standard InChI is InChI=1S/C21H15F3N2O2/c22-21(23,24)14-6-4-7-15(12-14)26-19(13-5-3-8-16(27)11-13)25-18-10-2-1-9-17(18)20(26)28/h1-12,19,25,27H. The Morgan fingerprint density at radius 1 is 0.929 bits per heavy atom. The second-order valence-electron chi connectivity index (χ2n) is 6.41. The van der Waals surface area contributed by atoms with Crippen LogP contribution >= 0.6 is 0 Å². The Morgan fingerprint density at radius 2 is 1.68 bits per heavy atom. The molecule has 2 N–H and O–H groups in total. The molecule has 1 heterocycles. The van der Waals surface area contributed by atoms with Crippen LogP contribution in [0.3, 0.4) is 0 Å². The van der Waals surface area contributed by atoms with Gasteiger partial charge >= 0.3 is 6.18 Å². The van der Waals surface area contributed by atoms with E-state index in [9.17, 15) is 23.1 Å². The number of hydrogen-bond donors (Lipinski definition) is 2. The molecule has 0 saturated carbocycles. The molecule has 1 unspecified atom stereocenters. The predicted octanol–water partition coefficient (Wildman–Crippen LogP) is 5.18. The molecule has 3 aromatic carbocycles. The highest BCUT2D eigenvalue weighted by Gasteiger charge is 2.36. The van der Waals surface area contributed by atoms with Crippen molar-refractivity contribution in [1.29, 1.82) is 0 Å². The van der Waals surface area contributed by atoms with Gasteiger partial charge < -0.3 is 10.4 Å². The van der Waals surface area contributed by atoms with E-state index in [1.165, 1.54) is 29.2 Å². The van der Waals surface area contributed by atoms with Gasteiger partial charge in [-0.05, 0) is 48.0 Å². The van der Waals surface area contributed by atoms with Crippen LogP contribution in [0.25, 0.3) is 0 Å². The molecule has 7 heteroatoms. The Morgan fingerprint density at radius 3 is 2.43 bits per heavy atom. The van der Waals surface area contributed by atoms with Crippen molar-refractivity contribution in [3.05, 3.63) is 89.5 Å². The number of aromatic hydroxyl groups is 1. The van der Waals surface area contributed by atoms with Crippen molar-refractivity contribution < 1.29 is 23.1 Å². The number of nitrogens with one attached hydrogen (secondary N) is 1. The Bertz CT molecular complexity index is 1050. The summed E-state index contributed by atoms with van der Waals surface area (Å²) in [5.41, 5.74) is 0.738. The maximum absolute atomic E-state index is 13.2. The first kappa shape index (κ1) is 17.9. The summed E-state index contributed by atoms with van der Waals surface area (Å²) >= 11 is 0. The third kappa shape index (κ3) is 3.15. The minimum atomic E-state index is -4.53. The number of fused-ring (bicyclic) bond motifs is 1. The summed E-state index contributed by atoms with van der Waals surface area (Å²) in [5.74, 6) is -0.434. The zero-order valence-corrected chi connectivity index (χ0v) is 14.4. The third-order valence-corrected chi connectivity index (χ3v) is 4.56. The number of nitrogens with zero attached hydrogens (tertiary/aromatic N) is 1. The summed E-state index contributed by atoms with van der Waals surface area (Å²) in [6.07, 6.45) is -5.31. The largest absolute Gasteiger partial charge is 0.508 e. The van der Waals surface area contributed by atoms with Gasteiger partial charge in [-0.2, -0.15) is 13.2 Å². The zero-order chi connectivity index (χ0) is 19.9. The van der Waals surface area contributed by atoms with Gasteiger partial charge in [0.2, 0.25) is 0 Å². The number of carbonyl (C=O) groups is 1. The number of hydrogen-bond acceptors (Lipinski definition) is 3. The molecule has 0 saturated heterocycles. The third-order valence-electron chi connectivity index (χ3n) is 4.56. The lowest BCUT2D eigenvalue weighted by Crippen LogP contribution is -2.43. The zero-order valence-electron chi connectivity index (χ0n) is 14.4. The molecule has 4 nitrogen and oxygen atoms in total. The smallest absolute Gasteiger partial charge is 0.416 e. The lowest BCUT2D eigenvalue weighted by molar-refractivity contribution is -0.137. The lowest BCUT2D eigenvalue weighted by Gasteiger charge is -2.38. The van der Waals surface area contributed by atoms with Crippen molar-refractivity contribution in [3.8, 4) is 5.75 Å². The number of para-hydroxylation sites is 1. The van der Waals surface area contributed by atoms with Crippen molar-refractivity contribution in [3.63, 3.8) is 0 Å². The predicted molar refractivity (Wildman–Crippen MR) is 99.2 cm³/mol. The monoisotopic (exact) mass is 384 g/mol. The summed E-state index contributed by atoms with van der Waals surface area (Å²) in [6.45, 7) is 0. The maximum Gasteiger partial charge on any atom is 0.416 e. The van der Waals surface area contributed by atoms with E-state index in [1.807, 2.05) is 0 Å². The molecule has 0 fully saturated rings. The van der Waals surface area contributed by atoms with Gasteiger partial charge in [0.1, 0.15) is 11.9 Å². The first-order chi connectivity index (χ1) is 13.3. The molecule has 1 aliphatic heterocycles. The van der Waals surface area contributed by atoms with Crippen LogP contribution in [0.1, 0.15) is 27.7 Å². The van der Waals surface area contributed by atoms with Gasteiger partial charge in [0, 0.05) is 11.4 Å². The molecule has 1 atom stereocenters. The van der Waals surface area contributed by atoms with Crippen molar-refractivity contribution >= 4 is 17.3 Å². The number of alkyl halides is 3. The molecular formula is C21H15F3N2O2. The molecule has 0 aromatic heterocycles. The molecule has 0 radical (unpaired) electrons. The molecule has 0 spiro atoms. The van der Waals surface area contributed by atoms with Gasteiger partial charge in [0.15, 0.2) is 0 Å². The van der Waals surface area contributed by atoms with E-state index in [0.717, 1.165) is 12.1 Å². The summed E-state index contributed by atoms with van der Waals surface area (Å²) in [4.78, 5) is 14.5. The quantitative estimate of drug-likeness (QED) is 0.640. The van der Waals surface area contributed by atoms with E-state index < -0.39 is 23.8 Å². The van der Waals surface area contributed by atoms with Gasteiger partial charge in [-0.1, -0.05) is 30.3 Å². The number of carbonyl (C=O) groups excluding carboxylic acids is 1. The topological polar surface area (TPSA) is 52.6 Å². The molecule has 4 rings (SSSR count). The molecule has 0 bridgehead atoms. The van der Waals surface area contributed by atoms with E-state index in [4.69, 9.17) is 0 Å². The number of phenols is 1. The first-order valence-corrected chi connectivity index (χ1v) is 8.50. The van der Waals surface area contributed by atoms with Crippen molar-refractivity contribution in [2.75, 3.05) is 10.2 Å². The van der Waals surface area contributed by atoms with Crippen LogP contribution in [0, 0.1) is 0 Å². The summed E-state index contributed by atoms with van der Waals surface area (Å²) in [5, 5.41) is 13.0. The fourth-order valence-electron chi connectivity index (χ4n) is 3.28. The summed E-state index contributed by atoms with van der Waals surface area (Å²) in [7, 11) is 0. The Balaban J connectivity index is 1.87. The average molecular weight is 384 g/mol. The van der Waals surface area contributed by atoms with Gasteiger partial charge in [0.05, 0.1) is 11.1 Å². The number of phenolic OH excluding ortho intramolecular Hbond substituents is 1. The fourth-order valence-corrected chi connectivity index (χ4v) is 3.28. The molecular weight excluding hydrogens is 369 g/mol. The number of amides is 1. The van der Waals surface area contributed by atoms with Crippen LogP contribution in [-0.4, -0.2) is 11.0 Å². The molecule has 1 aliphatic rings. The van der Waals surface area contributed by atoms with E-state index in [-0.39, 0.29) is 11.4 Å². The van der Waals surface area contributed by atoms with E-state index in [2.05, 4.69) is 5.32 Å². The number of halogens is 3. The van der Waals surface area contributed by atoms with Crippen LogP contribution in [-0.2, 0) is 6.18 Å². The molecule has 0 aliphatic carbocycles. The van der Waals surface area contributed by atoms with Gasteiger partial charge in [0.25, 0.3) is 5.91 Å². The van der Waals surface area contributed by atoms with E-state index in [0.29, 0.717) is 16.8 Å². The van der Waals surface area contributed by atoms with Crippen LogP contribution in [0.15, 0.2) is 72.8 Å². The molecule has 28 heavy (non-hydrogen) atoms. The van der Waals surface area contributed by atoms with Crippen LogP contribution in [0.5, 0.6) is 5.75 Å². The molecule has 142 valence electrons. The van der Waals surface area contributed by atoms with Crippen LogP contribution in [0.4, 0.5) is 24.5 Å². The summed E-state index contributed by atoms with van der Waals surface area (Å²) < 4.78 is 39.6. The Kier molecular flexibility index (Phi) is 4.22. The minimum Gasteiger partial charge on any atom is -0.508 e. The molecule has 3 aromatic rings. The SMILES string of the molecule is O=C1c2ccccc2NC(c2cccc(O)c2)N1c1cccc(C(F)(F)F)c1. The van der Waals surface area contributed by atoms with Gasteiger partial charge in [-0.15, -0.1) is 0 Å². The van der Waals surface area contributed by atoms with Gasteiger partial charge in [-0.25, -0.2) is 0 Å². The average Bonchev–Trinajstić information content (AvgIpc) is 2.67.